The molecule has 0 spiro atoms. The van der Waals surface area contributed by atoms with E-state index < -0.39 is 5.60 Å². The minimum atomic E-state index is -1.10. The molecule has 7 nitrogen and oxygen atoms in total. The van der Waals surface area contributed by atoms with Gasteiger partial charge in [0.15, 0.2) is 0 Å². The third-order valence-corrected chi connectivity index (χ3v) is 5.63. The van der Waals surface area contributed by atoms with Crippen LogP contribution in [0.25, 0.3) is 0 Å². The van der Waals surface area contributed by atoms with Crippen LogP contribution in [0.15, 0.2) is 60.9 Å². The highest BCUT2D eigenvalue weighted by atomic mass is 35.5. The van der Waals surface area contributed by atoms with Crippen LogP contribution in [0.1, 0.15) is 11.4 Å². The quantitative estimate of drug-likeness (QED) is 0.559. The molecule has 2 aromatic carbocycles. The van der Waals surface area contributed by atoms with Crippen LogP contribution in [-0.2, 0) is 24.9 Å². The maximum Gasteiger partial charge on any atom is 0.146 e. The van der Waals surface area contributed by atoms with Gasteiger partial charge in [0.1, 0.15) is 36.1 Å². The Balaban J connectivity index is 1.31. The lowest BCUT2D eigenvalue weighted by Gasteiger charge is -2.30. The van der Waals surface area contributed by atoms with Crippen LogP contribution in [0, 0.1) is 0 Å². The number of aryl methyl sites for hydroxylation is 1. The Morgan fingerprint density at radius 1 is 1.09 bits per heavy atom. The summed E-state index contributed by atoms with van der Waals surface area (Å²) in [5.41, 5.74) is 0.0403. The number of halogens is 1. The second kappa shape index (κ2) is 10.4. The van der Waals surface area contributed by atoms with Crippen molar-refractivity contribution < 1.29 is 19.3 Å². The lowest BCUT2D eigenvalue weighted by Crippen LogP contribution is -2.48. The highest BCUT2D eigenvalue weighted by molar-refractivity contribution is 6.30. The summed E-state index contributed by atoms with van der Waals surface area (Å²) >= 11 is 5.92. The molecule has 3 aromatic rings. The molecule has 8 heteroatoms. The molecular formula is C24H28ClN3O4. The molecule has 0 saturated carbocycles. The van der Waals surface area contributed by atoms with Gasteiger partial charge in [-0.15, -0.1) is 0 Å². The topological polar surface area (TPSA) is 69.0 Å². The summed E-state index contributed by atoms with van der Waals surface area (Å²) in [5.74, 6) is 2.34. The Labute approximate surface area is 193 Å². The Morgan fingerprint density at radius 3 is 2.53 bits per heavy atom. The predicted octanol–water partition coefficient (Wildman–Crippen LogP) is 3.29. The van der Waals surface area contributed by atoms with Gasteiger partial charge in [-0.25, -0.2) is 4.98 Å². The fourth-order valence-corrected chi connectivity index (χ4v) is 3.73. The van der Waals surface area contributed by atoms with Crippen molar-refractivity contribution in [2.75, 3.05) is 32.9 Å². The molecule has 170 valence electrons. The van der Waals surface area contributed by atoms with Crippen LogP contribution in [0.4, 0.5) is 0 Å². The van der Waals surface area contributed by atoms with E-state index in [0.29, 0.717) is 37.1 Å². The van der Waals surface area contributed by atoms with Gasteiger partial charge in [0, 0.05) is 44.1 Å². The molecule has 1 N–H and O–H groups in total. The molecule has 0 aliphatic carbocycles. The smallest absolute Gasteiger partial charge is 0.146 e. The number of rotatable bonds is 8. The molecule has 4 rings (SSSR count). The zero-order chi connectivity index (χ0) is 22.4. The number of ether oxygens (including phenoxy) is 3. The number of benzene rings is 2. The number of hydrogen-bond acceptors (Lipinski definition) is 6. The van der Waals surface area contributed by atoms with Crippen LogP contribution >= 0.6 is 11.6 Å². The number of β-amino-alcohol motifs (C(OH)–C–C–N with tert-alkyl or cyclic N) is 1. The Kier molecular flexibility index (Phi) is 7.32. The van der Waals surface area contributed by atoms with Crippen molar-refractivity contribution in [3.8, 4) is 11.5 Å². The predicted molar refractivity (Wildman–Crippen MR) is 122 cm³/mol. The van der Waals surface area contributed by atoms with Crippen LogP contribution < -0.4 is 9.47 Å². The largest absolute Gasteiger partial charge is 0.490 e. The van der Waals surface area contributed by atoms with Crippen molar-refractivity contribution in [1.82, 2.24) is 14.5 Å². The zero-order valence-corrected chi connectivity index (χ0v) is 18.9. The summed E-state index contributed by atoms with van der Waals surface area (Å²) in [6.07, 6.45) is 3.66. The lowest BCUT2D eigenvalue weighted by molar-refractivity contribution is -0.0646. The maximum atomic E-state index is 11.1. The molecule has 1 aliphatic heterocycles. The van der Waals surface area contributed by atoms with Gasteiger partial charge >= 0.3 is 0 Å². The van der Waals surface area contributed by atoms with E-state index in [1.807, 2.05) is 42.1 Å². The monoisotopic (exact) mass is 457 g/mol. The van der Waals surface area contributed by atoms with Crippen molar-refractivity contribution in [1.29, 1.82) is 0 Å². The number of imidazole rings is 1. The van der Waals surface area contributed by atoms with E-state index in [0.717, 1.165) is 23.7 Å². The molecule has 1 fully saturated rings. The summed E-state index contributed by atoms with van der Waals surface area (Å²) in [7, 11) is 1.95. The highest BCUT2D eigenvalue weighted by Gasteiger charge is 2.33. The third-order valence-electron chi connectivity index (χ3n) is 5.38. The Morgan fingerprint density at radius 2 is 1.81 bits per heavy atom. The van der Waals surface area contributed by atoms with Crippen molar-refractivity contribution >= 4 is 11.6 Å². The second-order valence-corrected chi connectivity index (χ2v) is 8.55. The summed E-state index contributed by atoms with van der Waals surface area (Å²) in [4.78, 5) is 6.45. The van der Waals surface area contributed by atoms with E-state index >= 15 is 0 Å². The number of hydrogen-bond donors (Lipinski definition) is 1. The van der Waals surface area contributed by atoms with E-state index in [1.165, 1.54) is 0 Å². The average molecular weight is 458 g/mol. The average Bonchev–Trinajstić information content (AvgIpc) is 3.11. The summed E-state index contributed by atoms with van der Waals surface area (Å²) in [6.45, 7) is 3.26. The summed E-state index contributed by atoms with van der Waals surface area (Å²) in [6, 6.07) is 15.1. The molecule has 1 saturated heterocycles. The van der Waals surface area contributed by atoms with E-state index in [9.17, 15) is 5.11 Å². The highest BCUT2D eigenvalue weighted by Crippen LogP contribution is 2.21. The summed E-state index contributed by atoms with van der Waals surface area (Å²) in [5, 5.41) is 11.7. The first kappa shape index (κ1) is 22.6. The van der Waals surface area contributed by atoms with Gasteiger partial charge in [-0.2, -0.15) is 0 Å². The Bertz CT molecular complexity index is 993. The van der Waals surface area contributed by atoms with Gasteiger partial charge in [0.05, 0.1) is 13.2 Å². The molecule has 0 radical (unpaired) electrons. The molecule has 2 heterocycles. The fourth-order valence-electron chi connectivity index (χ4n) is 3.60. The van der Waals surface area contributed by atoms with E-state index in [4.69, 9.17) is 25.8 Å². The fraction of sp³-hybridized carbons (Fsp3) is 0.375. The summed E-state index contributed by atoms with van der Waals surface area (Å²) < 4.78 is 19.2. The molecule has 1 atom stereocenters. The van der Waals surface area contributed by atoms with Crippen molar-refractivity contribution in [3.63, 3.8) is 0 Å². The van der Waals surface area contributed by atoms with E-state index in [-0.39, 0.29) is 13.2 Å². The minimum absolute atomic E-state index is 0.144. The van der Waals surface area contributed by atoms with Crippen molar-refractivity contribution in [2.45, 2.75) is 18.8 Å². The van der Waals surface area contributed by atoms with Crippen LogP contribution in [0.2, 0.25) is 5.02 Å². The molecule has 32 heavy (non-hydrogen) atoms. The SMILES string of the molecule is Cn1ccnc1COc1ccc(CN2CCOC[C@](O)(COc3ccc(Cl)cc3)C2)cc1. The first-order chi connectivity index (χ1) is 15.5. The van der Waals surface area contributed by atoms with Crippen LogP contribution in [0.5, 0.6) is 11.5 Å². The number of aromatic nitrogens is 2. The number of aliphatic hydroxyl groups is 1. The third kappa shape index (κ3) is 6.23. The van der Waals surface area contributed by atoms with Gasteiger partial charge in [-0.1, -0.05) is 23.7 Å². The normalized spacial score (nSPS) is 19.5. The van der Waals surface area contributed by atoms with E-state index in [1.54, 1.807) is 30.5 Å². The lowest BCUT2D eigenvalue weighted by atomic mass is 10.1. The van der Waals surface area contributed by atoms with Gasteiger partial charge in [-0.05, 0) is 42.0 Å². The van der Waals surface area contributed by atoms with E-state index in [2.05, 4.69) is 9.88 Å². The zero-order valence-electron chi connectivity index (χ0n) is 18.1. The molecule has 1 aromatic heterocycles. The standard InChI is InChI=1S/C24H28ClN3O4/c1-27-11-10-26-23(27)15-31-21-6-2-19(3-7-21)14-28-12-13-30-17-24(29,16-28)18-32-22-8-4-20(25)5-9-22/h2-11,29H,12-18H2,1H3/t24-/m0/s1. The molecule has 0 bridgehead atoms. The van der Waals surface area contributed by atoms with Crippen LogP contribution in [-0.4, -0.2) is 58.1 Å². The first-order valence-corrected chi connectivity index (χ1v) is 11.0. The molecule has 0 unspecified atom stereocenters. The molecular weight excluding hydrogens is 430 g/mol. The molecule has 0 amide bonds. The van der Waals surface area contributed by atoms with Gasteiger partial charge in [0.2, 0.25) is 0 Å². The van der Waals surface area contributed by atoms with Gasteiger partial charge in [0.25, 0.3) is 0 Å². The second-order valence-electron chi connectivity index (χ2n) is 8.12. The van der Waals surface area contributed by atoms with Crippen molar-refractivity contribution in [3.05, 3.63) is 77.3 Å². The van der Waals surface area contributed by atoms with Crippen LogP contribution in [0.3, 0.4) is 0 Å². The first-order valence-electron chi connectivity index (χ1n) is 10.6. The maximum absolute atomic E-state index is 11.1. The van der Waals surface area contributed by atoms with Crippen molar-refractivity contribution in [2.24, 2.45) is 7.05 Å². The van der Waals surface area contributed by atoms with Gasteiger partial charge < -0.3 is 23.9 Å². The van der Waals surface area contributed by atoms with Gasteiger partial charge in [-0.3, -0.25) is 4.90 Å². The Hall–Kier alpha value is -2.58. The minimum Gasteiger partial charge on any atom is -0.490 e. The number of nitrogens with zero attached hydrogens (tertiary/aromatic N) is 3. The molecule has 1 aliphatic rings.